The minimum Gasteiger partial charge on any atom is -0.462 e. The van der Waals surface area contributed by atoms with Crippen LogP contribution in [0.1, 0.15) is 38.5 Å². The van der Waals surface area contributed by atoms with Gasteiger partial charge in [0.05, 0.1) is 12.3 Å². The Morgan fingerprint density at radius 3 is 2.69 bits per heavy atom. The van der Waals surface area contributed by atoms with E-state index in [1.54, 1.807) is 6.92 Å². The summed E-state index contributed by atoms with van der Waals surface area (Å²) in [5.41, 5.74) is 1.49. The molecular formula is C11H17FN2O2. The number of hydrogen-bond acceptors (Lipinski definition) is 3. The van der Waals surface area contributed by atoms with Gasteiger partial charge >= 0.3 is 5.97 Å². The van der Waals surface area contributed by atoms with Crippen molar-refractivity contribution in [3.05, 3.63) is 17.5 Å². The molecule has 0 bridgehead atoms. The summed E-state index contributed by atoms with van der Waals surface area (Å²) >= 11 is 0. The fourth-order valence-electron chi connectivity index (χ4n) is 1.43. The van der Waals surface area contributed by atoms with Gasteiger partial charge in [-0.1, -0.05) is 13.8 Å². The highest BCUT2D eigenvalue weighted by atomic mass is 19.1. The number of hydrogen-bond donors (Lipinski definition) is 0. The fourth-order valence-corrected chi connectivity index (χ4v) is 1.43. The number of aryl methyl sites for hydroxylation is 2. The lowest BCUT2D eigenvalue weighted by molar-refractivity contribution is -0.153. The minimum atomic E-state index is -1.84. The van der Waals surface area contributed by atoms with Crippen LogP contribution in [0.25, 0.3) is 0 Å². The summed E-state index contributed by atoms with van der Waals surface area (Å²) < 4.78 is 19.5. The second kappa shape index (κ2) is 5.63. The van der Waals surface area contributed by atoms with Crippen LogP contribution in [-0.2, 0) is 22.4 Å². The molecular weight excluding hydrogens is 211 g/mol. The molecule has 1 heterocycles. The highest BCUT2D eigenvalue weighted by molar-refractivity contribution is 5.72. The van der Waals surface area contributed by atoms with Crippen LogP contribution in [-0.4, -0.2) is 22.4 Å². The van der Waals surface area contributed by atoms with Crippen molar-refractivity contribution in [2.24, 2.45) is 0 Å². The van der Waals surface area contributed by atoms with Gasteiger partial charge in [0, 0.05) is 5.69 Å². The van der Waals surface area contributed by atoms with Gasteiger partial charge in [-0.3, -0.25) is 0 Å². The van der Waals surface area contributed by atoms with Crippen molar-refractivity contribution >= 4 is 5.97 Å². The summed E-state index contributed by atoms with van der Waals surface area (Å²) in [5, 5.41) is 4.04. The average molecular weight is 228 g/mol. The molecule has 1 atom stereocenters. The topological polar surface area (TPSA) is 44.1 Å². The average Bonchev–Trinajstić information content (AvgIpc) is 2.71. The van der Waals surface area contributed by atoms with Crippen LogP contribution in [0.4, 0.5) is 4.39 Å². The molecule has 0 fully saturated rings. The van der Waals surface area contributed by atoms with E-state index in [1.165, 1.54) is 0 Å². The maximum absolute atomic E-state index is 13.7. The zero-order chi connectivity index (χ0) is 12.1. The first kappa shape index (κ1) is 12.7. The summed E-state index contributed by atoms with van der Waals surface area (Å²) in [7, 11) is 0. The van der Waals surface area contributed by atoms with Gasteiger partial charge in [0.2, 0.25) is 0 Å². The van der Waals surface area contributed by atoms with Gasteiger partial charge in [0.25, 0.3) is 6.30 Å². The highest BCUT2D eigenvalue weighted by Gasteiger charge is 2.24. The van der Waals surface area contributed by atoms with Crippen LogP contribution in [0.3, 0.4) is 0 Å². The maximum atomic E-state index is 13.7. The first-order chi connectivity index (χ1) is 7.63. The predicted molar refractivity (Wildman–Crippen MR) is 57.8 cm³/mol. The van der Waals surface area contributed by atoms with Gasteiger partial charge in [-0.05, 0) is 25.8 Å². The van der Waals surface area contributed by atoms with Gasteiger partial charge in [-0.2, -0.15) is 5.10 Å². The second-order valence-corrected chi connectivity index (χ2v) is 3.37. The first-order valence-electron chi connectivity index (χ1n) is 5.52. The van der Waals surface area contributed by atoms with Crippen molar-refractivity contribution in [1.29, 1.82) is 0 Å². The SMILES string of the molecule is CCOC(=O)C(F)n1nc(CC)cc1CC. The third-order valence-corrected chi connectivity index (χ3v) is 2.28. The Hall–Kier alpha value is -1.39. The molecule has 1 aromatic rings. The van der Waals surface area contributed by atoms with E-state index in [9.17, 15) is 9.18 Å². The first-order valence-corrected chi connectivity index (χ1v) is 5.52. The second-order valence-electron chi connectivity index (χ2n) is 3.37. The van der Waals surface area contributed by atoms with Crippen molar-refractivity contribution in [3.8, 4) is 0 Å². The number of halogens is 1. The van der Waals surface area contributed by atoms with E-state index in [1.807, 2.05) is 19.9 Å². The zero-order valence-electron chi connectivity index (χ0n) is 9.86. The van der Waals surface area contributed by atoms with Gasteiger partial charge in [-0.15, -0.1) is 0 Å². The maximum Gasteiger partial charge on any atom is 0.363 e. The molecule has 0 aliphatic carbocycles. The normalized spacial score (nSPS) is 12.5. The summed E-state index contributed by atoms with van der Waals surface area (Å²) in [5.74, 6) is -0.886. The van der Waals surface area contributed by atoms with Gasteiger partial charge in [0.15, 0.2) is 0 Å². The quantitative estimate of drug-likeness (QED) is 0.724. The predicted octanol–water partition coefficient (Wildman–Crippen LogP) is 2.04. The largest absolute Gasteiger partial charge is 0.462 e. The summed E-state index contributed by atoms with van der Waals surface area (Å²) in [4.78, 5) is 11.3. The molecule has 0 aliphatic heterocycles. The zero-order valence-corrected chi connectivity index (χ0v) is 9.86. The van der Waals surface area contributed by atoms with E-state index in [2.05, 4.69) is 9.84 Å². The molecule has 0 saturated carbocycles. The Bertz CT molecular complexity index is 363. The molecule has 0 aliphatic rings. The number of carbonyl (C=O) groups excluding carboxylic acids is 1. The smallest absolute Gasteiger partial charge is 0.363 e. The van der Waals surface area contributed by atoms with E-state index in [-0.39, 0.29) is 6.61 Å². The van der Waals surface area contributed by atoms with Crippen LogP contribution in [0.5, 0.6) is 0 Å². The Kier molecular flexibility index (Phi) is 4.46. The molecule has 0 radical (unpaired) electrons. The molecule has 0 N–H and O–H groups in total. The molecule has 16 heavy (non-hydrogen) atoms. The molecule has 0 spiro atoms. The van der Waals surface area contributed by atoms with Gasteiger partial charge < -0.3 is 4.74 Å². The van der Waals surface area contributed by atoms with E-state index in [0.717, 1.165) is 16.8 Å². The number of rotatable bonds is 5. The minimum absolute atomic E-state index is 0.169. The number of carbonyl (C=O) groups is 1. The lowest BCUT2D eigenvalue weighted by atomic mass is 10.2. The molecule has 90 valence electrons. The molecule has 0 aromatic carbocycles. The third-order valence-electron chi connectivity index (χ3n) is 2.28. The van der Waals surface area contributed by atoms with E-state index < -0.39 is 12.3 Å². The van der Waals surface area contributed by atoms with Crippen LogP contribution >= 0.6 is 0 Å². The number of ether oxygens (including phenoxy) is 1. The Labute approximate surface area is 94.4 Å². The number of esters is 1. The summed E-state index contributed by atoms with van der Waals surface area (Å²) in [6.07, 6.45) is -0.488. The van der Waals surface area contributed by atoms with Crippen molar-refractivity contribution in [2.45, 2.75) is 39.9 Å². The summed E-state index contributed by atoms with van der Waals surface area (Å²) in [6, 6.07) is 1.81. The van der Waals surface area contributed by atoms with E-state index in [4.69, 9.17) is 0 Å². The number of alkyl halides is 1. The van der Waals surface area contributed by atoms with Crippen LogP contribution in [0, 0.1) is 0 Å². The monoisotopic (exact) mass is 228 g/mol. The van der Waals surface area contributed by atoms with Crippen molar-refractivity contribution in [3.63, 3.8) is 0 Å². The molecule has 0 saturated heterocycles. The molecule has 1 rings (SSSR count). The Morgan fingerprint density at radius 1 is 1.50 bits per heavy atom. The molecule has 0 amide bonds. The lowest BCUT2D eigenvalue weighted by Crippen LogP contribution is -2.20. The van der Waals surface area contributed by atoms with Crippen molar-refractivity contribution < 1.29 is 13.9 Å². The molecule has 4 nitrogen and oxygen atoms in total. The summed E-state index contributed by atoms with van der Waals surface area (Å²) in [6.45, 7) is 5.64. The standard InChI is InChI=1S/C11H17FN2O2/c1-4-8-7-9(5-2)14(13-8)10(12)11(15)16-6-3/h7,10H,4-6H2,1-3H3. The Balaban J connectivity index is 2.92. The highest BCUT2D eigenvalue weighted by Crippen LogP contribution is 2.16. The van der Waals surface area contributed by atoms with Gasteiger partial charge in [0.1, 0.15) is 0 Å². The number of nitrogens with zero attached hydrogens (tertiary/aromatic N) is 2. The van der Waals surface area contributed by atoms with Crippen molar-refractivity contribution in [2.75, 3.05) is 6.61 Å². The van der Waals surface area contributed by atoms with E-state index >= 15 is 0 Å². The lowest BCUT2D eigenvalue weighted by Gasteiger charge is -2.10. The van der Waals surface area contributed by atoms with Crippen LogP contribution in [0.2, 0.25) is 0 Å². The fraction of sp³-hybridized carbons (Fsp3) is 0.636. The Morgan fingerprint density at radius 2 is 2.19 bits per heavy atom. The third kappa shape index (κ3) is 2.59. The van der Waals surface area contributed by atoms with E-state index in [0.29, 0.717) is 12.1 Å². The van der Waals surface area contributed by atoms with Gasteiger partial charge in [-0.25, -0.2) is 13.9 Å². The molecule has 1 unspecified atom stereocenters. The number of aromatic nitrogens is 2. The van der Waals surface area contributed by atoms with Crippen LogP contribution < -0.4 is 0 Å². The van der Waals surface area contributed by atoms with Crippen LogP contribution in [0.15, 0.2) is 6.07 Å². The molecule has 5 heteroatoms. The molecule has 1 aromatic heterocycles. The van der Waals surface area contributed by atoms with Crippen molar-refractivity contribution in [1.82, 2.24) is 9.78 Å².